The summed E-state index contributed by atoms with van der Waals surface area (Å²) >= 11 is 13.5. The molecule has 0 saturated carbocycles. The van der Waals surface area contributed by atoms with Crippen LogP contribution in [0, 0.1) is 0 Å². The predicted octanol–water partition coefficient (Wildman–Crippen LogP) is 5.69. The van der Waals surface area contributed by atoms with E-state index in [9.17, 15) is 9.59 Å². The molecule has 0 N–H and O–H groups in total. The zero-order chi connectivity index (χ0) is 29.1. The third-order valence-electron chi connectivity index (χ3n) is 6.54. The fourth-order valence-corrected chi connectivity index (χ4v) is 6.10. The number of aromatic nitrogens is 1. The summed E-state index contributed by atoms with van der Waals surface area (Å²) in [6, 6.07) is 19.2. The minimum absolute atomic E-state index is 0.200. The highest BCUT2D eigenvalue weighted by atomic mass is 35.5. The van der Waals surface area contributed by atoms with Gasteiger partial charge in [-0.05, 0) is 55.8 Å². The Kier molecular flexibility index (Phi) is 8.63. The van der Waals surface area contributed by atoms with Crippen LogP contribution < -0.4 is 24.4 Å². The normalized spacial score (nSPS) is 14.9. The van der Waals surface area contributed by atoms with Crippen molar-refractivity contribution in [2.24, 2.45) is 4.99 Å². The van der Waals surface area contributed by atoms with E-state index in [2.05, 4.69) is 4.99 Å². The molecule has 3 aromatic carbocycles. The molecular formula is C31H26Cl2N2O5S. The summed E-state index contributed by atoms with van der Waals surface area (Å²) in [7, 11) is 1.56. The number of halogens is 2. The number of rotatable bonds is 8. The van der Waals surface area contributed by atoms with Crippen LogP contribution in [0.5, 0.6) is 11.5 Å². The number of hydrogen-bond acceptors (Lipinski definition) is 7. The first-order chi connectivity index (χ1) is 19.8. The number of para-hydroxylation sites is 1. The van der Waals surface area contributed by atoms with E-state index in [1.807, 2.05) is 48.5 Å². The van der Waals surface area contributed by atoms with Crippen molar-refractivity contribution in [1.29, 1.82) is 0 Å². The van der Waals surface area contributed by atoms with Gasteiger partial charge in [-0.1, -0.05) is 70.9 Å². The summed E-state index contributed by atoms with van der Waals surface area (Å²) in [4.78, 5) is 32.0. The Morgan fingerprint density at radius 2 is 1.85 bits per heavy atom. The van der Waals surface area contributed by atoms with Gasteiger partial charge in [0.2, 0.25) is 0 Å². The maximum Gasteiger partial charge on any atom is 0.338 e. The van der Waals surface area contributed by atoms with E-state index >= 15 is 0 Å². The maximum absolute atomic E-state index is 13.8. The average molecular weight is 610 g/mol. The molecule has 0 amide bonds. The molecule has 1 atom stereocenters. The van der Waals surface area contributed by atoms with Crippen molar-refractivity contribution in [3.05, 3.63) is 124 Å². The van der Waals surface area contributed by atoms with Crippen molar-refractivity contribution in [3.8, 4) is 11.5 Å². The van der Waals surface area contributed by atoms with Crippen LogP contribution in [0.25, 0.3) is 6.08 Å². The van der Waals surface area contributed by atoms with Gasteiger partial charge in [0, 0.05) is 21.2 Å². The lowest BCUT2D eigenvalue weighted by atomic mass is 9.95. The van der Waals surface area contributed by atoms with Crippen molar-refractivity contribution in [3.63, 3.8) is 0 Å². The van der Waals surface area contributed by atoms with Crippen LogP contribution in [-0.2, 0) is 16.1 Å². The summed E-state index contributed by atoms with van der Waals surface area (Å²) < 4.78 is 18.9. The summed E-state index contributed by atoms with van der Waals surface area (Å²) in [5.74, 6) is 0.689. The lowest BCUT2D eigenvalue weighted by molar-refractivity contribution is -0.139. The monoisotopic (exact) mass is 608 g/mol. The van der Waals surface area contributed by atoms with Crippen LogP contribution in [0.3, 0.4) is 0 Å². The Labute approximate surface area is 250 Å². The fraction of sp³-hybridized carbons (Fsp3) is 0.194. The number of carbonyl (C=O) groups excluding carboxylic acids is 1. The average Bonchev–Trinajstić information content (AvgIpc) is 3.26. The van der Waals surface area contributed by atoms with E-state index in [0.29, 0.717) is 54.3 Å². The molecule has 0 bridgehead atoms. The minimum atomic E-state index is -0.751. The largest absolute Gasteiger partial charge is 0.496 e. The van der Waals surface area contributed by atoms with Crippen LogP contribution in [0.4, 0.5) is 0 Å². The first kappa shape index (κ1) is 28.7. The number of carbonyl (C=O) groups is 1. The van der Waals surface area contributed by atoms with Gasteiger partial charge in [-0.25, -0.2) is 9.79 Å². The molecule has 4 aromatic rings. The van der Waals surface area contributed by atoms with Crippen molar-refractivity contribution in [2.75, 3.05) is 13.7 Å². The number of benzene rings is 3. The van der Waals surface area contributed by atoms with E-state index < -0.39 is 12.0 Å². The van der Waals surface area contributed by atoms with E-state index in [1.165, 1.54) is 11.3 Å². The second kappa shape index (κ2) is 12.3. The number of hydrogen-bond donors (Lipinski definition) is 0. The predicted molar refractivity (Wildman–Crippen MR) is 161 cm³/mol. The smallest absolute Gasteiger partial charge is 0.338 e. The van der Waals surface area contributed by atoms with Gasteiger partial charge in [-0.3, -0.25) is 9.36 Å². The van der Waals surface area contributed by atoms with Gasteiger partial charge < -0.3 is 14.2 Å². The highest BCUT2D eigenvalue weighted by Gasteiger charge is 2.34. The van der Waals surface area contributed by atoms with Crippen LogP contribution in [-0.4, -0.2) is 24.3 Å². The number of ether oxygens (including phenoxy) is 3. The second-order valence-corrected chi connectivity index (χ2v) is 11.0. The van der Waals surface area contributed by atoms with Crippen molar-refractivity contribution in [2.45, 2.75) is 26.5 Å². The molecule has 1 aromatic heterocycles. The van der Waals surface area contributed by atoms with E-state index in [-0.39, 0.29) is 12.2 Å². The van der Waals surface area contributed by atoms with E-state index in [4.69, 9.17) is 37.4 Å². The number of allylic oxidation sites excluding steroid dienone is 1. The molecule has 0 aliphatic carbocycles. The molecule has 0 spiro atoms. The Hall–Kier alpha value is -3.85. The molecule has 1 aliphatic rings. The molecule has 2 heterocycles. The van der Waals surface area contributed by atoms with Crippen molar-refractivity contribution >= 4 is 46.6 Å². The van der Waals surface area contributed by atoms with Crippen LogP contribution in [0.15, 0.2) is 87.8 Å². The van der Waals surface area contributed by atoms with Crippen LogP contribution >= 0.6 is 34.5 Å². The van der Waals surface area contributed by atoms with Gasteiger partial charge in [0.25, 0.3) is 5.56 Å². The lowest BCUT2D eigenvalue weighted by Crippen LogP contribution is -2.40. The van der Waals surface area contributed by atoms with E-state index in [1.54, 1.807) is 49.8 Å². The molecule has 0 radical (unpaired) electrons. The zero-order valence-corrected chi connectivity index (χ0v) is 24.8. The third kappa shape index (κ3) is 5.95. The maximum atomic E-state index is 13.8. The van der Waals surface area contributed by atoms with Gasteiger partial charge in [0.15, 0.2) is 4.80 Å². The molecule has 0 fully saturated rings. The van der Waals surface area contributed by atoms with Gasteiger partial charge in [-0.2, -0.15) is 0 Å². The molecule has 0 saturated heterocycles. The first-order valence-electron chi connectivity index (χ1n) is 12.8. The van der Waals surface area contributed by atoms with Gasteiger partial charge in [0.05, 0.1) is 29.5 Å². The van der Waals surface area contributed by atoms with Gasteiger partial charge >= 0.3 is 5.97 Å². The number of fused-ring (bicyclic) bond motifs is 1. The highest BCUT2D eigenvalue weighted by Crippen LogP contribution is 2.35. The summed E-state index contributed by atoms with van der Waals surface area (Å²) in [5.41, 5.74) is 2.83. The summed E-state index contributed by atoms with van der Waals surface area (Å²) in [6.07, 6.45) is 1.80. The quantitative estimate of drug-likeness (QED) is 0.240. The highest BCUT2D eigenvalue weighted by molar-refractivity contribution is 7.07. The van der Waals surface area contributed by atoms with E-state index in [0.717, 1.165) is 11.1 Å². The van der Waals surface area contributed by atoms with Gasteiger partial charge in [-0.15, -0.1) is 0 Å². The summed E-state index contributed by atoms with van der Waals surface area (Å²) in [5, 5.41) is 1.10. The first-order valence-corrected chi connectivity index (χ1v) is 14.4. The number of esters is 1. The SMILES string of the molecule is CCOC(=O)C1=C(C)N=c2s/c(=C/c3ccc(OCc4ccc(Cl)cc4Cl)cc3)c(=O)n2[C@@H]1c1ccccc1OC. The number of thiazole rings is 1. The molecular weight excluding hydrogens is 583 g/mol. The van der Waals surface area contributed by atoms with Gasteiger partial charge in [0.1, 0.15) is 24.1 Å². The van der Waals surface area contributed by atoms with Crippen molar-refractivity contribution in [1.82, 2.24) is 4.57 Å². The number of nitrogens with zero attached hydrogens (tertiary/aromatic N) is 2. The minimum Gasteiger partial charge on any atom is -0.496 e. The molecule has 7 nitrogen and oxygen atoms in total. The zero-order valence-electron chi connectivity index (χ0n) is 22.5. The Morgan fingerprint density at radius 1 is 1.10 bits per heavy atom. The lowest BCUT2D eigenvalue weighted by Gasteiger charge is -2.25. The van der Waals surface area contributed by atoms with Crippen molar-refractivity contribution < 1.29 is 19.0 Å². The second-order valence-electron chi connectivity index (χ2n) is 9.14. The Morgan fingerprint density at radius 3 is 2.56 bits per heavy atom. The standard InChI is InChI=1S/C31H26Cl2N2O5S/c1-4-39-30(37)27-18(2)34-31-35(28(27)23-7-5-6-8-25(23)38-3)29(36)26(41-31)15-19-9-13-22(14-10-19)40-17-20-11-12-21(32)16-24(20)33/h5-16,28H,4,17H2,1-3H3/b26-15+/t28-/m1/s1. The molecule has 41 heavy (non-hydrogen) atoms. The molecule has 0 unspecified atom stereocenters. The topological polar surface area (TPSA) is 79.1 Å². The fourth-order valence-electron chi connectivity index (χ4n) is 4.59. The third-order valence-corrected chi connectivity index (χ3v) is 8.11. The summed E-state index contributed by atoms with van der Waals surface area (Å²) in [6.45, 7) is 3.98. The molecule has 210 valence electrons. The molecule has 10 heteroatoms. The Balaban J connectivity index is 1.50. The molecule has 1 aliphatic heterocycles. The van der Waals surface area contributed by atoms with Crippen LogP contribution in [0.2, 0.25) is 10.0 Å². The number of methoxy groups -OCH3 is 1. The van der Waals surface area contributed by atoms with Crippen LogP contribution in [0.1, 0.15) is 36.6 Å². The Bertz CT molecular complexity index is 1830. The molecule has 5 rings (SSSR count).